The van der Waals surface area contributed by atoms with Gasteiger partial charge in [0.15, 0.2) is 0 Å². The maximum absolute atomic E-state index is 10.3. The number of ether oxygens (including phenoxy) is 2. The highest BCUT2D eigenvalue weighted by Gasteiger charge is 2.29. The minimum atomic E-state index is 0.0346. The Kier molecular flexibility index (Phi) is 6.53. The molecule has 1 saturated carbocycles. The summed E-state index contributed by atoms with van der Waals surface area (Å²) in [6.07, 6.45) is 1.82. The number of nitrogens with zero attached hydrogens (tertiary/aromatic N) is 2. The van der Waals surface area contributed by atoms with Crippen LogP contribution in [0.3, 0.4) is 0 Å². The van der Waals surface area contributed by atoms with Crippen LogP contribution in [-0.2, 0) is 16.1 Å². The Morgan fingerprint density at radius 1 is 1.23 bits per heavy atom. The van der Waals surface area contributed by atoms with Crippen molar-refractivity contribution >= 4 is 18.1 Å². The second kappa shape index (κ2) is 9.49. The molecule has 2 aromatic carbocycles. The van der Waals surface area contributed by atoms with E-state index in [1.165, 1.54) is 0 Å². The van der Waals surface area contributed by atoms with Crippen LogP contribution in [0.15, 0.2) is 47.0 Å². The molecule has 1 aliphatic rings. The van der Waals surface area contributed by atoms with E-state index in [9.17, 15) is 4.79 Å². The Labute approximate surface area is 185 Å². The summed E-state index contributed by atoms with van der Waals surface area (Å²) in [6, 6.07) is 13.7. The molecule has 1 heterocycles. The number of halogens is 1. The first-order valence-electron chi connectivity index (χ1n) is 10.2. The Bertz CT molecular complexity index is 1030. The van der Waals surface area contributed by atoms with Crippen LogP contribution in [0.1, 0.15) is 32.3 Å². The normalized spacial score (nSPS) is 17.9. The zero-order valence-electron chi connectivity index (χ0n) is 17.4. The molecule has 1 aromatic heterocycles. The van der Waals surface area contributed by atoms with E-state index in [0.29, 0.717) is 41.4 Å². The average molecular weight is 442 g/mol. The SMILES string of the molecule is CC(C)Oc1ccc(-c2nc(-c3ccc(CNC4CC(OC=O)C4)cc3Cl)no2)cc1. The molecule has 31 heavy (non-hydrogen) atoms. The van der Waals surface area contributed by atoms with Crippen molar-refractivity contribution in [3.05, 3.63) is 53.1 Å². The molecule has 0 spiro atoms. The van der Waals surface area contributed by atoms with Gasteiger partial charge in [-0.25, -0.2) is 0 Å². The lowest BCUT2D eigenvalue weighted by Crippen LogP contribution is -2.44. The third-order valence-electron chi connectivity index (χ3n) is 5.11. The summed E-state index contributed by atoms with van der Waals surface area (Å²) in [5, 5.41) is 8.08. The fourth-order valence-corrected chi connectivity index (χ4v) is 3.72. The van der Waals surface area contributed by atoms with Crippen molar-refractivity contribution < 1.29 is 18.8 Å². The molecular weight excluding hydrogens is 418 g/mol. The predicted molar refractivity (Wildman–Crippen MR) is 117 cm³/mol. The van der Waals surface area contributed by atoms with Gasteiger partial charge in [-0.1, -0.05) is 22.8 Å². The zero-order chi connectivity index (χ0) is 21.8. The number of hydrogen-bond acceptors (Lipinski definition) is 7. The third kappa shape index (κ3) is 5.24. The van der Waals surface area contributed by atoms with Gasteiger partial charge in [-0.05, 0) is 68.7 Å². The first kappa shape index (κ1) is 21.3. The molecule has 0 unspecified atom stereocenters. The Morgan fingerprint density at radius 3 is 2.68 bits per heavy atom. The highest BCUT2D eigenvalue weighted by Crippen LogP contribution is 2.30. The minimum absolute atomic E-state index is 0.0346. The smallest absolute Gasteiger partial charge is 0.293 e. The number of carbonyl (C=O) groups is 1. The van der Waals surface area contributed by atoms with Crippen molar-refractivity contribution in [1.82, 2.24) is 15.5 Å². The molecule has 0 bridgehead atoms. The fraction of sp³-hybridized carbons (Fsp3) is 0.348. The van der Waals surface area contributed by atoms with Gasteiger partial charge in [0, 0.05) is 23.7 Å². The number of nitrogens with one attached hydrogen (secondary N) is 1. The molecule has 8 heteroatoms. The van der Waals surface area contributed by atoms with E-state index in [-0.39, 0.29) is 12.2 Å². The van der Waals surface area contributed by atoms with E-state index in [4.69, 9.17) is 25.6 Å². The van der Waals surface area contributed by atoms with Crippen molar-refractivity contribution in [3.63, 3.8) is 0 Å². The number of benzene rings is 2. The van der Waals surface area contributed by atoms with Crippen molar-refractivity contribution in [2.24, 2.45) is 0 Å². The molecule has 3 aromatic rings. The topological polar surface area (TPSA) is 86.5 Å². The van der Waals surface area contributed by atoms with Crippen molar-refractivity contribution in [3.8, 4) is 28.6 Å². The summed E-state index contributed by atoms with van der Waals surface area (Å²) in [4.78, 5) is 14.8. The van der Waals surface area contributed by atoms with Crippen LogP contribution < -0.4 is 10.1 Å². The van der Waals surface area contributed by atoms with Gasteiger partial charge in [-0.15, -0.1) is 0 Å². The average Bonchev–Trinajstić information content (AvgIpc) is 3.19. The van der Waals surface area contributed by atoms with E-state index < -0.39 is 0 Å². The molecule has 162 valence electrons. The maximum atomic E-state index is 10.3. The summed E-state index contributed by atoms with van der Waals surface area (Å²) in [6.45, 7) is 5.16. The molecular formula is C23H24ClN3O4. The lowest BCUT2D eigenvalue weighted by Gasteiger charge is -2.34. The first-order valence-corrected chi connectivity index (χ1v) is 10.6. The van der Waals surface area contributed by atoms with Gasteiger partial charge in [0.1, 0.15) is 11.9 Å². The van der Waals surface area contributed by atoms with Gasteiger partial charge in [-0.2, -0.15) is 4.98 Å². The largest absolute Gasteiger partial charge is 0.491 e. The first-order chi connectivity index (χ1) is 15.0. The standard InChI is InChI=1S/C23H24ClN3O4/c1-14(2)30-18-6-4-16(5-7-18)23-26-22(27-31-23)20-8-3-15(9-21(20)24)12-25-17-10-19(11-17)29-13-28/h3-9,13-14,17,19,25H,10-12H2,1-2H3. The summed E-state index contributed by atoms with van der Waals surface area (Å²) < 4.78 is 16.0. The van der Waals surface area contributed by atoms with Crippen molar-refractivity contribution in [1.29, 1.82) is 0 Å². The van der Waals surface area contributed by atoms with Crippen LogP contribution in [0.4, 0.5) is 0 Å². The van der Waals surface area contributed by atoms with Gasteiger partial charge in [-0.3, -0.25) is 4.79 Å². The lowest BCUT2D eigenvalue weighted by molar-refractivity contribution is -0.138. The monoisotopic (exact) mass is 441 g/mol. The van der Waals surface area contributed by atoms with Gasteiger partial charge >= 0.3 is 0 Å². The second-order valence-corrected chi connectivity index (χ2v) is 8.24. The molecule has 0 atom stereocenters. The molecule has 0 saturated heterocycles. The van der Waals surface area contributed by atoms with E-state index in [1.54, 1.807) is 0 Å². The molecule has 1 fully saturated rings. The van der Waals surface area contributed by atoms with E-state index >= 15 is 0 Å². The molecule has 1 N–H and O–H groups in total. The minimum Gasteiger partial charge on any atom is -0.491 e. The lowest BCUT2D eigenvalue weighted by atomic mass is 9.89. The number of hydrogen-bond donors (Lipinski definition) is 1. The molecule has 1 aliphatic carbocycles. The van der Waals surface area contributed by atoms with Crippen LogP contribution >= 0.6 is 11.6 Å². The predicted octanol–water partition coefficient (Wildman–Crippen LogP) is 4.64. The van der Waals surface area contributed by atoms with E-state index in [0.717, 1.165) is 29.7 Å². The maximum Gasteiger partial charge on any atom is 0.293 e. The zero-order valence-corrected chi connectivity index (χ0v) is 18.1. The van der Waals surface area contributed by atoms with Gasteiger partial charge in [0.05, 0.1) is 11.1 Å². The Balaban J connectivity index is 1.39. The number of carbonyl (C=O) groups excluding carboxylic acids is 1. The Morgan fingerprint density at radius 2 is 2.00 bits per heavy atom. The van der Waals surface area contributed by atoms with Crippen LogP contribution in [0, 0.1) is 0 Å². The van der Waals surface area contributed by atoms with Crippen molar-refractivity contribution in [2.75, 3.05) is 0 Å². The molecule has 0 radical (unpaired) electrons. The van der Waals surface area contributed by atoms with E-state index in [1.807, 2.05) is 56.3 Å². The van der Waals surface area contributed by atoms with Crippen LogP contribution in [0.2, 0.25) is 5.02 Å². The second-order valence-electron chi connectivity index (χ2n) is 7.83. The molecule has 4 rings (SSSR count). The van der Waals surface area contributed by atoms with Crippen LogP contribution in [0.25, 0.3) is 22.8 Å². The summed E-state index contributed by atoms with van der Waals surface area (Å²) in [5.41, 5.74) is 2.57. The summed E-state index contributed by atoms with van der Waals surface area (Å²) in [7, 11) is 0. The van der Waals surface area contributed by atoms with Crippen molar-refractivity contribution in [2.45, 2.75) is 51.5 Å². The molecule has 7 nitrogen and oxygen atoms in total. The van der Waals surface area contributed by atoms with Gasteiger partial charge in [0.2, 0.25) is 5.82 Å². The number of rotatable bonds is 9. The Hall–Kier alpha value is -2.90. The van der Waals surface area contributed by atoms with E-state index in [2.05, 4.69) is 15.5 Å². The highest BCUT2D eigenvalue weighted by atomic mass is 35.5. The molecule has 0 amide bonds. The summed E-state index contributed by atoms with van der Waals surface area (Å²) in [5.74, 6) is 1.65. The fourth-order valence-electron chi connectivity index (χ4n) is 3.43. The van der Waals surface area contributed by atoms with Crippen LogP contribution in [0.5, 0.6) is 5.75 Å². The molecule has 0 aliphatic heterocycles. The van der Waals surface area contributed by atoms with Gasteiger partial charge in [0.25, 0.3) is 12.4 Å². The quantitative estimate of drug-likeness (QED) is 0.484. The summed E-state index contributed by atoms with van der Waals surface area (Å²) >= 11 is 6.49. The number of aromatic nitrogens is 2. The van der Waals surface area contributed by atoms with Gasteiger partial charge < -0.3 is 19.3 Å². The highest BCUT2D eigenvalue weighted by molar-refractivity contribution is 6.33. The third-order valence-corrected chi connectivity index (χ3v) is 5.42. The van der Waals surface area contributed by atoms with Crippen LogP contribution in [-0.4, -0.2) is 34.9 Å².